The molecule has 0 amide bonds. The number of aromatic nitrogens is 2. The zero-order chi connectivity index (χ0) is 20.3. The van der Waals surface area contributed by atoms with Crippen LogP contribution in [0, 0.1) is 0 Å². The minimum absolute atomic E-state index is 0.553. The third-order valence-electron chi connectivity index (χ3n) is 4.84. The summed E-state index contributed by atoms with van der Waals surface area (Å²) in [6.07, 6.45) is 4.76. The first-order valence-electron chi connectivity index (χ1n) is 10.6. The van der Waals surface area contributed by atoms with Gasteiger partial charge in [0.2, 0.25) is 11.7 Å². The molecule has 0 aliphatic carbocycles. The minimum atomic E-state index is 0.553. The quantitative estimate of drug-likeness (QED) is 0.394. The maximum absolute atomic E-state index is 5.84. The van der Waals surface area contributed by atoms with E-state index in [1.54, 1.807) is 0 Å². The van der Waals surface area contributed by atoms with Crippen molar-refractivity contribution in [3.8, 4) is 17.1 Å². The first kappa shape index (κ1) is 21.1. The number of nitrogens with zero attached hydrogens (tertiary/aromatic N) is 3. The fourth-order valence-electron chi connectivity index (χ4n) is 3.10. The van der Waals surface area contributed by atoms with E-state index >= 15 is 0 Å². The van der Waals surface area contributed by atoms with Crippen molar-refractivity contribution in [3.63, 3.8) is 0 Å². The minimum Gasteiger partial charge on any atom is -0.489 e. The highest BCUT2D eigenvalue weighted by atomic mass is 16.5. The van der Waals surface area contributed by atoms with Crippen LogP contribution in [0.5, 0.6) is 5.75 Å². The SMILES string of the molecule is CCCCN(CCCC)Cc1nc(-c2ccc(OCc3ccccc3)cc2)no1. The highest BCUT2D eigenvalue weighted by molar-refractivity contribution is 5.55. The lowest BCUT2D eigenvalue weighted by Gasteiger charge is -2.19. The summed E-state index contributed by atoms with van der Waals surface area (Å²) in [5.41, 5.74) is 2.08. The Labute approximate surface area is 173 Å². The summed E-state index contributed by atoms with van der Waals surface area (Å²) in [6, 6.07) is 18.0. The van der Waals surface area contributed by atoms with Crippen LogP contribution >= 0.6 is 0 Å². The van der Waals surface area contributed by atoms with Crippen LogP contribution in [0.15, 0.2) is 59.1 Å². The van der Waals surface area contributed by atoms with Crippen LogP contribution in [0.4, 0.5) is 0 Å². The smallest absolute Gasteiger partial charge is 0.241 e. The van der Waals surface area contributed by atoms with Gasteiger partial charge in [-0.15, -0.1) is 0 Å². The van der Waals surface area contributed by atoms with Gasteiger partial charge in [-0.3, -0.25) is 4.90 Å². The fraction of sp³-hybridized carbons (Fsp3) is 0.417. The Bertz CT molecular complexity index is 823. The molecule has 3 aromatic rings. The van der Waals surface area contributed by atoms with Gasteiger partial charge in [0.1, 0.15) is 12.4 Å². The van der Waals surface area contributed by atoms with Crippen LogP contribution in [0.3, 0.4) is 0 Å². The van der Waals surface area contributed by atoms with E-state index in [0.717, 1.165) is 30.0 Å². The molecule has 5 nitrogen and oxygen atoms in total. The molecular weight excluding hydrogens is 362 g/mol. The molecule has 154 valence electrons. The fourth-order valence-corrected chi connectivity index (χ4v) is 3.10. The highest BCUT2D eigenvalue weighted by Crippen LogP contribution is 2.21. The molecule has 0 aliphatic rings. The van der Waals surface area contributed by atoms with Gasteiger partial charge in [-0.1, -0.05) is 62.2 Å². The molecule has 3 rings (SSSR count). The van der Waals surface area contributed by atoms with Crippen LogP contribution in [-0.2, 0) is 13.2 Å². The van der Waals surface area contributed by atoms with Crippen molar-refractivity contribution >= 4 is 0 Å². The Hall–Kier alpha value is -2.66. The first-order valence-corrected chi connectivity index (χ1v) is 10.6. The Kier molecular flexibility index (Phi) is 8.25. The van der Waals surface area contributed by atoms with E-state index in [9.17, 15) is 0 Å². The van der Waals surface area contributed by atoms with Gasteiger partial charge in [0, 0.05) is 5.56 Å². The summed E-state index contributed by atoms with van der Waals surface area (Å²) in [4.78, 5) is 7.01. The van der Waals surface area contributed by atoms with Crippen molar-refractivity contribution in [1.29, 1.82) is 0 Å². The van der Waals surface area contributed by atoms with Gasteiger partial charge in [-0.2, -0.15) is 4.98 Å². The van der Waals surface area contributed by atoms with Gasteiger partial charge in [0.15, 0.2) is 0 Å². The molecule has 0 radical (unpaired) electrons. The number of rotatable bonds is 12. The van der Waals surface area contributed by atoms with Crippen molar-refractivity contribution in [1.82, 2.24) is 15.0 Å². The molecule has 2 aromatic carbocycles. The molecule has 0 spiro atoms. The molecule has 0 aliphatic heterocycles. The van der Waals surface area contributed by atoms with E-state index in [2.05, 4.69) is 41.0 Å². The van der Waals surface area contributed by atoms with Gasteiger partial charge in [-0.05, 0) is 55.8 Å². The second kappa shape index (κ2) is 11.4. The monoisotopic (exact) mass is 393 g/mol. The maximum Gasteiger partial charge on any atom is 0.241 e. The van der Waals surface area contributed by atoms with Gasteiger partial charge in [0.05, 0.1) is 6.54 Å². The Balaban J connectivity index is 1.57. The molecule has 0 bridgehead atoms. The van der Waals surface area contributed by atoms with E-state index in [4.69, 9.17) is 9.26 Å². The van der Waals surface area contributed by atoms with Crippen LogP contribution in [0.1, 0.15) is 51.0 Å². The van der Waals surface area contributed by atoms with Crippen LogP contribution in [-0.4, -0.2) is 28.1 Å². The predicted octanol–water partition coefficient (Wildman–Crippen LogP) is 5.72. The molecular formula is C24H31N3O2. The Morgan fingerprint density at radius 3 is 2.24 bits per heavy atom. The zero-order valence-electron chi connectivity index (χ0n) is 17.5. The Morgan fingerprint density at radius 2 is 1.59 bits per heavy atom. The van der Waals surface area contributed by atoms with Crippen LogP contribution in [0.25, 0.3) is 11.4 Å². The summed E-state index contributed by atoms with van der Waals surface area (Å²) in [6.45, 7) is 7.85. The summed E-state index contributed by atoms with van der Waals surface area (Å²) < 4.78 is 11.4. The zero-order valence-corrected chi connectivity index (χ0v) is 17.5. The van der Waals surface area contributed by atoms with Crippen molar-refractivity contribution in [3.05, 3.63) is 66.1 Å². The second-order valence-corrected chi connectivity index (χ2v) is 7.29. The average Bonchev–Trinajstić information content (AvgIpc) is 3.24. The number of unbranched alkanes of at least 4 members (excludes halogenated alkanes) is 2. The molecule has 1 heterocycles. The topological polar surface area (TPSA) is 51.4 Å². The highest BCUT2D eigenvalue weighted by Gasteiger charge is 2.13. The summed E-state index contributed by atoms with van der Waals surface area (Å²) in [7, 11) is 0. The molecule has 0 atom stereocenters. The first-order chi connectivity index (χ1) is 14.3. The normalized spacial score (nSPS) is 11.1. The van der Waals surface area contributed by atoms with Crippen LogP contribution < -0.4 is 4.74 Å². The third kappa shape index (κ3) is 6.71. The molecule has 0 unspecified atom stereocenters. The van der Waals surface area contributed by atoms with Gasteiger partial charge in [-0.25, -0.2) is 0 Å². The molecule has 1 aromatic heterocycles. The maximum atomic E-state index is 5.84. The van der Waals surface area contributed by atoms with Crippen molar-refractivity contribution in [2.45, 2.75) is 52.7 Å². The number of ether oxygens (including phenoxy) is 1. The van der Waals surface area contributed by atoms with Crippen molar-refractivity contribution in [2.75, 3.05) is 13.1 Å². The number of hydrogen-bond acceptors (Lipinski definition) is 5. The van der Waals surface area contributed by atoms with Gasteiger partial charge in [0.25, 0.3) is 0 Å². The van der Waals surface area contributed by atoms with Gasteiger partial charge >= 0.3 is 0 Å². The molecule has 0 saturated heterocycles. The van der Waals surface area contributed by atoms with Crippen molar-refractivity contribution < 1.29 is 9.26 Å². The summed E-state index contributed by atoms with van der Waals surface area (Å²) in [5, 5.41) is 4.17. The average molecular weight is 394 g/mol. The van der Waals surface area contributed by atoms with E-state index in [1.807, 2.05) is 42.5 Å². The van der Waals surface area contributed by atoms with Crippen LogP contribution in [0.2, 0.25) is 0 Å². The molecule has 5 heteroatoms. The van der Waals surface area contributed by atoms with E-state index < -0.39 is 0 Å². The number of benzene rings is 2. The molecule has 0 N–H and O–H groups in total. The largest absolute Gasteiger partial charge is 0.489 e. The van der Waals surface area contributed by atoms with Crippen molar-refractivity contribution in [2.24, 2.45) is 0 Å². The second-order valence-electron chi connectivity index (χ2n) is 7.29. The lowest BCUT2D eigenvalue weighted by molar-refractivity contribution is 0.220. The van der Waals surface area contributed by atoms with Gasteiger partial charge < -0.3 is 9.26 Å². The Morgan fingerprint density at radius 1 is 0.897 bits per heavy atom. The molecule has 29 heavy (non-hydrogen) atoms. The summed E-state index contributed by atoms with van der Waals surface area (Å²) >= 11 is 0. The molecule has 0 saturated carbocycles. The predicted molar refractivity (Wildman–Crippen MR) is 116 cm³/mol. The summed E-state index contributed by atoms with van der Waals surface area (Å²) in [5.74, 6) is 2.13. The number of hydrogen-bond donors (Lipinski definition) is 0. The lowest BCUT2D eigenvalue weighted by Crippen LogP contribution is -2.25. The molecule has 0 fully saturated rings. The van der Waals surface area contributed by atoms with E-state index in [-0.39, 0.29) is 0 Å². The standard InChI is InChI=1S/C24H31N3O2/c1-3-5-16-27(17-6-4-2)18-23-25-24(26-29-23)21-12-14-22(15-13-21)28-19-20-10-8-7-9-11-20/h7-15H,3-6,16-19H2,1-2H3. The van der Waals surface area contributed by atoms with E-state index in [1.165, 1.54) is 25.7 Å². The third-order valence-corrected chi connectivity index (χ3v) is 4.84. The lowest BCUT2D eigenvalue weighted by atomic mass is 10.2. The van der Waals surface area contributed by atoms with E-state index in [0.29, 0.717) is 24.9 Å².